The van der Waals surface area contributed by atoms with Gasteiger partial charge in [-0.1, -0.05) is 18.5 Å². The van der Waals surface area contributed by atoms with E-state index in [1.807, 2.05) is 4.90 Å². The van der Waals surface area contributed by atoms with Crippen LogP contribution in [0, 0.1) is 16.0 Å². The normalized spacial score (nSPS) is 17.7. The third-order valence-electron chi connectivity index (χ3n) is 4.14. The molecule has 1 saturated heterocycles. The molecule has 1 atom stereocenters. The van der Waals surface area contributed by atoms with E-state index in [1.54, 1.807) is 0 Å². The van der Waals surface area contributed by atoms with Crippen molar-refractivity contribution in [2.24, 2.45) is 5.92 Å². The van der Waals surface area contributed by atoms with Gasteiger partial charge in [0, 0.05) is 31.3 Å². The lowest BCUT2D eigenvalue weighted by atomic mass is 10.1. The Hall–Kier alpha value is -1.66. The van der Waals surface area contributed by atoms with Crippen LogP contribution < -0.4 is 0 Å². The van der Waals surface area contributed by atoms with Gasteiger partial charge in [0.25, 0.3) is 11.6 Å². The van der Waals surface area contributed by atoms with Gasteiger partial charge < -0.3 is 9.80 Å². The Kier molecular flexibility index (Phi) is 5.96. The molecule has 0 radical (unpaired) electrons. The zero-order valence-corrected chi connectivity index (χ0v) is 14.3. The number of amides is 1. The van der Waals surface area contributed by atoms with E-state index < -0.39 is 4.92 Å². The molecule has 7 heteroatoms. The molecule has 23 heavy (non-hydrogen) atoms. The number of benzene rings is 1. The number of rotatable bonds is 6. The lowest BCUT2D eigenvalue weighted by Gasteiger charge is -2.21. The second-order valence-corrected chi connectivity index (χ2v) is 6.50. The Bertz CT molecular complexity index is 594. The van der Waals surface area contributed by atoms with Crippen LogP contribution in [0.3, 0.4) is 0 Å². The van der Waals surface area contributed by atoms with Crippen LogP contribution >= 0.6 is 11.6 Å². The highest BCUT2D eigenvalue weighted by molar-refractivity contribution is 6.33. The van der Waals surface area contributed by atoms with E-state index in [0.717, 1.165) is 39.0 Å². The first-order valence-electron chi connectivity index (χ1n) is 7.84. The molecule has 1 heterocycles. The summed E-state index contributed by atoms with van der Waals surface area (Å²) >= 11 is 5.89. The minimum absolute atomic E-state index is 0.000670. The van der Waals surface area contributed by atoms with Crippen LogP contribution in [-0.2, 0) is 0 Å². The molecule has 126 valence electrons. The Balaban J connectivity index is 1.99. The zero-order chi connectivity index (χ0) is 17.0. The van der Waals surface area contributed by atoms with Crippen LogP contribution in [0.25, 0.3) is 0 Å². The van der Waals surface area contributed by atoms with Gasteiger partial charge in [-0.15, -0.1) is 0 Å². The van der Waals surface area contributed by atoms with E-state index in [4.69, 9.17) is 11.6 Å². The van der Waals surface area contributed by atoms with Crippen LogP contribution in [-0.4, -0.2) is 53.9 Å². The minimum atomic E-state index is -0.550. The van der Waals surface area contributed by atoms with Crippen molar-refractivity contribution in [3.05, 3.63) is 38.9 Å². The van der Waals surface area contributed by atoms with Gasteiger partial charge in [0.05, 0.1) is 4.92 Å². The highest BCUT2D eigenvalue weighted by Crippen LogP contribution is 2.27. The molecule has 0 N–H and O–H groups in total. The fourth-order valence-electron chi connectivity index (χ4n) is 3.05. The maximum absolute atomic E-state index is 12.5. The number of nitro benzene ring substituents is 1. The van der Waals surface area contributed by atoms with E-state index in [1.165, 1.54) is 18.2 Å². The third-order valence-corrected chi connectivity index (χ3v) is 4.44. The molecule has 1 fully saturated rings. The van der Waals surface area contributed by atoms with Crippen LogP contribution in [0.1, 0.15) is 30.1 Å². The average molecular weight is 340 g/mol. The number of hydrogen-bond acceptors (Lipinski definition) is 4. The Morgan fingerprint density at radius 2 is 2.26 bits per heavy atom. The smallest absolute Gasteiger partial charge is 0.287 e. The fourth-order valence-corrected chi connectivity index (χ4v) is 3.30. The maximum atomic E-state index is 12.5. The van der Waals surface area contributed by atoms with E-state index in [9.17, 15) is 14.9 Å². The number of likely N-dealkylation sites (tertiary alicyclic amines) is 1. The number of nitro groups is 1. The van der Waals surface area contributed by atoms with Crippen molar-refractivity contribution in [2.45, 2.75) is 19.8 Å². The van der Waals surface area contributed by atoms with Crippen LogP contribution in [0.15, 0.2) is 18.2 Å². The first-order valence-corrected chi connectivity index (χ1v) is 8.22. The summed E-state index contributed by atoms with van der Waals surface area (Å²) in [7, 11) is 2.10. The van der Waals surface area contributed by atoms with E-state index in [-0.39, 0.29) is 16.6 Å². The van der Waals surface area contributed by atoms with Gasteiger partial charge >= 0.3 is 0 Å². The largest absolute Gasteiger partial charge is 0.338 e. The molecule has 0 unspecified atom stereocenters. The van der Waals surface area contributed by atoms with E-state index in [2.05, 4.69) is 18.9 Å². The molecule has 1 amide bonds. The molecule has 0 saturated carbocycles. The Labute approximate surface area is 141 Å². The monoisotopic (exact) mass is 339 g/mol. The highest BCUT2D eigenvalue weighted by Gasteiger charge is 2.28. The Morgan fingerprint density at radius 1 is 1.52 bits per heavy atom. The topological polar surface area (TPSA) is 66.7 Å². The second kappa shape index (κ2) is 7.75. The summed E-state index contributed by atoms with van der Waals surface area (Å²) in [6.07, 6.45) is 2.10. The van der Waals surface area contributed by atoms with E-state index >= 15 is 0 Å². The predicted octanol–water partition coefficient (Wildman–Crippen LogP) is 3.05. The molecule has 0 aliphatic carbocycles. The summed E-state index contributed by atoms with van der Waals surface area (Å²) < 4.78 is 0. The molecule has 0 aromatic heterocycles. The van der Waals surface area contributed by atoms with Gasteiger partial charge in [0.2, 0.25) is 0 Å². The van der Waals surface area contributed by atoms with Crippen molar-refractivity contribution in [1.82, 2.24) is 9.80 Å². The average Bonchev–Trinajstić information content (AvgIpc) is 2.94. The molecule has 0 spiro atoms. The third kappa shape index (κ3) is 4.42. The summed E-state index contributed by atoms with van der Waals surface area (Å²) in [6, 6.07) is 4.15. The second-order valence-electron chi connectivity index (χ2n) is 6.09. The van der Waals surface area contributed by atoms with Crippen molar-refractivity contribution < 1.29 is 9.72 Å². The van der Waals surface area contributed by atoms with Gasteiger partial charge in [-0.25, -0.2) is 0 Å². The number of halogens is 1. The highest BCUT2D eigenvalue weighted by atomic mass is 35.5. The summed E-state index contributed by atoms with van der Waals surface area (Å²) in [4.78, 5) is 26.9. The summed E-state index contributed by atoms with van der Waals surface area (Å²) in [5.41, 5.74) is 0.229. The van der Waals surface area contributed by atoms with Crippen LogP contribution in [0.5, 0.6) is 0 Å². The van der Waals surface area contributed by atoms with Crippen LogP contribution in [0.4, 0.5) is 5.69 Å². The standard InChI is InChI=1S/C16H22ClN3O3/c1-3-7-18(2)10-12-6-8-19(11-12)16(21)13-4-5-15(20(22)23)14(17)9-13/h4-5,9,12H,3,6-8,10-11H2,1-2H3/t12-/m1/s1. The molecule has 1 aliphatic heterocycles. The van der Waals surface area contributed by atoms with Gasteiger partial charge in [-0.2, -0.15) is 0 Å². The molecule has 1 aliphatic rings. The first-order chi connectivity index (χ1) is 10.9. The molecule has 6 nitrogen and oxygen atoms in total. The number of carbonyl (C=O) groups excluding carboxylic acids is 1. The number of hydrogen-bond donors (Lipinski definition) is 0. The summed E-state index contributed by atoms with van der Waals surface area (Å²) in [6.45, 7) is 5.64. The van der Waals surface area contributed by atoms with Crippen molar-refractivity contribution in [3.8, 4) is 0 Å². The number of carbonyl (C=O) groups is 1. The van der Waals surface area contributed by atoms with Crippen molar-refractivity contribution >= 4 is 23.2 Å². The van der Waals surface area contributed by atoms with Crippen LogP contribution in [0.2, 0.25) is 5.02 Å². The summed E-state index contributed by atoms with van der Waals surface area (Å²) in [5, 5.41) is 10.8. The first kappa shape index (κ1) is 17.7. The minimum Gasteiger partial charge on any atom is -0.338 e. The fraction of sp³-hybridized carbons (Fsp3) is 0.562. The quantitative estimate of drug-likeness (QED) is 0.590. The van der Waals surface area contributed by atoms with Crippen molar-refractivity contribution in [3.63, 3.8) is 0 Å². The SMILES string of the molecule is CCCN(C)C[C@H]1CCN(C(=O)c2ccc([N+](=O)[O-])c(Cl)c2)C1. The molecular weight excluding hydrogens is 318 g/mol. The molecular formula is C16H22ClN3O3. The van der Waals surface area contributed by atoms with Gasteiger partial charge in [-0.05, 0) is 44.5 Å². The molecule has 1 aromatic carbocycles. The molecule has 2 rings (SSSR count). The maximum Gasteiger partial charge on any atom is 0.287 e. The zero-order valence-electron chi connectivity index (χ0n) is 13.5. The van der Waals surface area contributed by atoms with Gasteiger partial charge in [0.1, 0.15) is 5.02 Å². The van der Waals surface area contributed by atoms with Crippen molar-refractivity contribution in [2.75, 3.05) is 33.2 Å². The van der Waals surface area contributed by atoms with Crippen molar-refractivity contribution in [1.29, 1.82) is 0 Å². The molecule has 1 aromatic rings. The van der Waals surface area contributed by atoms with E-state index in [0.29, 0.717) is 11.5 Å². The lowest BCUT2D eigenvalue weighted by molar-refractivity contribution is -0.384. The van der Waals surface area contributed by atoms with Gasteiger partial charge in [0.15, 0.2) is 0 Å². The lowest BCUT2D eigenvalue weighted by Crippen LogP contribution is -2.32. The van der Waals surface area contributed by atoms with Gasteiger partial charge in [-0.3, -0.25) is 14.9 Å². The Morgan fingerprint density at radius 3 is 2.87 bits per heavy atom. The predicted molar refractivity (Wildman–Crippen MR) is 89.9 cm³/mol. The summed E-state index contributed by atoms with van der Waals surface area (Å²) in [5.74, 6) is 0.367. The number of nitrogens with zero attached hydrogens (tertiary/aromatic N) is 3. The molecule has 0 bridgehead atoms.